The molecule has 1 fully saturated rings. The fourth-order valence-electron chi connectivity index (χ4n) is 3.75. The smallest absolute Gasteiger partial charge is 0.229 e. The first kappa shape index (κ1) is 21.9. The zero-order valence-electron chi connectivity index (χ0n) is 17.2. The number of nitrogens with zero attached hydrogens (tertiary/aromatic N) is 2. The van der Waals surface area contributed by atoms with E-state index >= 15 is 0 Å². The number of nitrogens with one attached hydrogen (secondary N) is 2. The molecule has 2 aromatic carbocycles. The minimum Gasteiger partial charge on any atom is -0.487 e. The average molecular weight is 427 g/mol. The van der Waals surface area contributed by atoms with E-state index in [9.17, 15) is 4.79 Å². The lowest BCUT2D eigenvalue weighted by Gasteiger charge is -2.19. The number of aryl methyl sites for hydroxylation is 2. The van der Waals surface area contributed by atoms with Gasteiger partial charge in [-0.3, -0.25) is 9.48 Å². The molecule has 30 heavy (non-hydrogen) atoms. The Hall–Kier alpha value is -2.83. The van der Waals surface area contributed by atoms with Crippen molar-refractivity contribution in [3.05, 3.63) is 77.6 Å². The largest absolute Gasteiger partial charge is 0.487 e. The van der Waals surface area contributed by atoms with Gasteiger partial charge < -0.3 is 15.4 Å². The third-order valence-electron chi connectivity index (χ3n) is 5.34. The summed E-state index contributed by atoms with van der Waals surface area (Å²) >= 11 is 0. The Balaban J connectivity index is 0.00000256. The lowest BCUT2D eigenvalue weighted by Crippen LogP contribution is -2.28. The zero-order chi connectivity index (χ0) is 20.2. The van der Waals surface area contributed by atoms with E-state index in [1.165, 1.54) is 0 Å². The molecule has 1 saturated heterocycles. The number of carbonyl (C=O) groups excluding carboxylic acids is 1. The second-order valence-electron chi connectivity index (χ2n) is 7.58. The Bertz CT molecular complexity index is 990. The van der Waals surface area contributed by atoms with Crippen LogP contribution in [0.2, 0.25) is 0 Å². The van der Waals surface area contributed by atoms with Gasteiger partial charge in [-0.15, -0.1) is 12.4 Å². The van der Waals surface area contributed by atoms with E-state index in [0.717, 1.165) is 23.2 Å². The molecular formula is C23H27ClN4O2. The summed E-state index contributed by atoms with van der Waals surface area (Å²) in [4.78, 5) is 13.1. The van der Waals surface area contributed by atoms with Crippen molar-refractivity contribution in [3.8, 4) is 5.75 Å². The highest BCUT2D eigenvalue weighted by molar-refractivity contribution is 5.95. The molecule has 1 aliphatic heterocycles. The molecule has 2 N–H and O–H groups in total. The van der Waals surface area contributed by atoms with Crippen LogP contribution in [0.25, 0.3) is 0 Å². The summed E-state index contributed by atoms with van der Waals surface area (Å²) in [6.07, 6.45) is 3.83. The fraction of sp³-hybridized carbons (Fsp3) is 0.304. The van der Waals surface area contributed by atoms with E-state index in [2.05, 4.69) is 15.7 Å². The molecule has 1 amide bonds. The van der Waals surface area contributed by atoms with Crippen molar-refractivity contribution < 1.29 is 9.53 Å². The summed E-state index contributed by atoms with van der Waals surface area (Å²) < 4.78 is 7.81. The van der Waals surface area contributed by atoms with Crippen molar-refractivity contribution in [2.45, 2.75) is 19.4 Å². The predicted molar refractivity (Wildman–Crippen MR) is 120 cm³/mol. The van der Waals surface area contributed by atoms with Gasteiger partial charge in [0.15, 0.2) is 0 Å². The third kappa shape index (κ3) is 5.01. The van der Waals surface area contributed by atoms with Crippen molar-refractivity contribution in [1.82, 2.24) is 15.1 Å². The fourth-order valence-corrected chi connectivity index (χ4v) is 3.75. The number of rotatable bonds is 6. The second-order valence-corrected chi connectivity index (χ2v) is 7.58. The van der Waals surface area contributed by atoms with Crippen LogP contribution in [0, 0.1) is 12.8 Å². The monoisotopic (exact) mass is 426 g/mol. The number of amides is 1. The molecule has 0 radical (unpaired) electrons. The van der Waals surface area contributed by atoms with Crippen LogP contribution < -0.4 is 15.4 Å². The van der Waals surface area contributed by atoms with Crippen LogP contribution in [0.5, 0.6) is 5.75 Å². The molecule has 2 heterocycles. The van der Waals surface area contributed by atoms with Gasteiger partial charge >= 0.3 is 0 Å². The molecule has 1 aliphatic rings. The first-order valence-corrected chi connectivity index (χ1v) is 9.87. The van der Waals surface area contributed by atoms with E-state index in [-0.39, 0.29) is 30.2 Å². The Kier molecular flexibility index (Phi) is 7.13. The highest BCUT2D eigenvalue weighted by Gasteiger charge is 2.35. The molecule has 0 spiro atoms. The summed E-state index contributed by atoms with van der Waals surface area (Å²) in [5, 5.41) is 10.7. The third-order valence-corrected chi connectivity index (χ3v) is 5.34. The molecule has 3 aromatic rings. The molecule has 0 aliphatic carbocycles. The van der Waals surface area contributed by atoms with Crippen molar-refractivity contribution in [2.24, 2.45) is 13.0 Å². The predicted octanol–water partition coefficient (Wildman–Crippen LogP) is 3.67. The number of hydrogen-bond acceptors (Lipinski definition) is 4. The topological polar surface area (TPSA) is 68.2 Å². The van der Waals surface area contributed by atoms with E-state index in [0.29, 0.717) is 24.6 Å². The molecule has 2 atom stereocenters. The molecule has 158 valence electrons. The highest BCUT2D eigenvalue weighted by atomic mass is 35.5. The summed E-state index contributed by atoms with van der Waals surface area (Å²) in [6.45, 7) is 3.89. The number of benzene rings is 2. The second kappa shape index (κ2) is 9.78. The van der Waals surface area contributed by atoms with Crippen LogP contribution in [0.3, 0.4) is 0 Å². The van der Waals surface area contributed by atoms with E-state index in [1.54, 1.807) is 4.68 Å². The van der Waals surface area contributed by atoms with E-state index in [1.807, 2.05) is 74.9 Å². The molecule has 0 bridgehead atoms. The van der Waals surface area contributed by atoms with Crippen LogP contribution in [0.4, 0.5) is 5.69 Å². The minimum absolute atomic E-state index is 0. The summed E-state index contributed by atoms with van der Waals surface area (Å²) in [5.41, 5.74) is 3.96. The number of halogens is 1. The quantitative estimate of drug-likeness (QED) is 0.631. The van der Waals surface area contributed by atoms with Crippen molar-refractivity contribution in [1.29, 1.82) is 0 Å². The van der Waals surface area contributed by atoms with Crippen LogP contribution in [0.1, 0.15) is 22.6 Å². The van der Waals surface area contributed by atoms with Gasteiger partial charge in [0.05, 0.1) is 17.8 Å². The van der Waals surface area contributed by atoms with Gasteiger partial charge in [-0.25, -0.2) is 0 Å². The van der Waals surface area contributed by atoms with E-state index in [4.69, 9.17) is 4.74 Å². The molecule has 4 rings (SSSR count). The van der Waals surface area contributed by atoms with Crippen molar-refractivity contribution in [3.63, 3.8) is 0 Å². The number of anilines is 1. The van der Waals surface area contributed by atoms with Gasteiger partial charge in [0.25, 0.3) is 0 Å². The first-order chi connectivity index (χ1) is 14.1. The molecule has 0 saturated carbocycles. The van der Waals surface area contributed by atoms with Crippen LogP contribution in [-0.4, -0.2) is 28.8 Å². The summed E-state index contributed by atoms with van der Waals surface area (Å²) in [7, 11) is 1.89. The minimum atomic E-state index is -0.150. The Morgan fingerprint density at radius 3 is 2.77 bits per heavy atom. The van der Waals surface area contributed by atoms with Crippen molar-refractivity contribution in [2.75, 3.05) is 18.4 Å². The Labute approximate surface area is 183 Å². The molecule has 6 nitrogen and oxygen atoms in total. The number of hydrogen-bond donors (Lipinski definition) is 2. The highest BCUT2D eigenvalue weighted by Crippen LogP contribution is 2.31. The van der Waals surface area contributed by atoms with Crippen LogP contribution in [0.15, 0.2) is 60.9 Å². The molecule has 7 heteroatoms. The standard InChI is InChI=1S/C23H26N4O2.ClH/c1-16-8-9-21(22(10-16)29-15-17-6-4-3-5-7-17)26-23(28)20-13-24-12-19(20)18-11-25-27(2)14-18;/h3-11,14,19-20,24H,12-13,15H2,1-2H3,(H,26,28);1H/t19-,20+;/m1./s1. The lowest BCUT2D eigenvalue weighted by molar-refractivity contribution is -0.119. The van der Waals surface area contributed by atoms with Gasteiger partial charge in [-0.05, 0) is 35.7 Å². The maximum Gasteiger partial charge on any atom is 0.229 e. The summed E-state index contributed by atoms with van der Waals surface area (Å²) in [6, 6.07) is 15.9. The lowest BCUT2D eigenvalue weighted by atomic mass is 9.90. The van der Waals surface area contributed by atoms with Gasteiger partial charge in [-0.1, -0.05) is 36.4 Å². The van der Waals surface area contributed by atoms with Gasteiger partial charge in [0, 0.05) is 32.3 Å². The van der Waals surface area contributed by atoms with Gasteiger partial charge in [-0.2, -0.15) is 5.10 Å². The molecule has 0 unspecified atom stereocenters. The van der Waals surface area contributed by atoms with Crippen LogP contribution in [-0.2, 0) is 18.4 Å². The van der Waals surface area contributed by atoms with Gasteiger partial charge in [0.1, 0.15) is 12.4 Å². The number of ether oxygens (including phenoxy) is 1. The van der Waals surface area contributed by atoms with E-state index < -0.39 is 0 Å². The Morgan fingerprint density at radius 2 is 2.03 bits per heavy atom. The molecular weight excluding hydrogens is 400 g/mol. The maximum absolute atomic E-state index is 13.1. The van der Waals surface area contributed by atoms with Crippen molar-refractivity contribution >= 4 is 24.0 Å². The van der Waals surface area contributed by atoms with Gasteiger partial charge in [0.2, 0.25) is 5.91 Å². The average Bonchev–Trinajstić information content (AvgIpc) is 3.37. The zero-order valence-corrected chi connectivity index (χ0v) is 18.0. The SMILES string of the molecule is Cc1ccc(NC(=O)[C@H]2CNC[C@@H]2c2cnn(C)c2)c(OCc2ccccc2)c1.Cl. The number of aromatic nitrogens is 2. The first-order valence-electron chi connectivity index (χ1n) is 9.87. The molecule has 1 aromatic heterocycles. The number of carbonyl (C=O) groups is 1. The summed E-state index contributed by atoms with van der Waals surface area (Å²) in [5.74, 6) is 0.647. The normalized spacial score (nSPS) is 17.9. The Morgan fingerprint density at radius 1 is 1.23 bits per heavy atom. The van der Waals surface area contributed by atoms with Crippen LogP contribution >= 0.6 is 12.4 Å². The maximum atomic E-state index is 13.1.